The summed E-state index contributed by atoms with van der Waals surface area (Å²) in [7, 11) is 0. The van der Waals surface area contributed by atoms with Crippen LogP contribution in [-0.2, 0) is 0 Å². The molecule has 1 unspecified atom stereocenters. The van der Waals surface area contributed by atoms with Crippen LogP contribution in [0.5, 0.6) is 0 Å². The molecule has 0 amide bonds. The van der Waals surface area contributed by atoms with Crippen LogP contribution in [0.3, 0.4) is 0 Å². The molecule has 0 aromatic heterocycles. The van der Waals surface area contributed by atoms with Crippen molar-refractivity contribution in [1.29, 1.82) is 0 Å². The molecule has 0 aromatic carbocycles. The summed E-state index contributed by atoms with van der Waals surface area (Å²) in [6.07, 6.45) is 5.78. The molecule has 2 rings (SSSR count). The van der Waals surface area contributed by atoms with Gasteiger partial charge in [0.05, 0.1) is 0 Å². The van der Waals surface area contributed by atoms with E-state index in [9.17, 15) is 0 Å². The van der Waals surface area contributed by atoms with Gasteiger partial charge in [0.25, 0.3) is 0 Å². The molecule has 1 atom stereocenters. The molecule has 64 valence electrons. The molecule has 1 aliphatic heterocycles. The van der Waals surface area contributed by atoms with Gasteiger partial charge < -0.3 is 5.32 Å². The Balaban J connectivity index is 1.80. The molecular formula is C10H19N. The van der Waals surface area contributed by atoms with Crippen LogP contribution in [0.25, 0.3) is 0 Å². The van der Waals surface area contributed by atoms with E-state index >= 15 is 0 Å². The average molecular weight is 153 g/mol. The largest absolute Gasteiger partial charge is 0.311 e. The lowest BCUT2D eigenvalue weighted by Crippen LogP contribution is -2.22. The Morgan fingerprint density at radius 1 is 1.45 bits per heavy atom. The van der Waals surface area contributed by atoms with Crippen molar-refractivity contribution < 1.29 is 0 Å². The number of hydrogen-bond acceptors (Lipinski definition) is 1. The van der Waals surface area contributed by atoms with Crippen LogP contribution in [-0.4, -0.2) is 12.1 Å². The van der Waals surface area contributed by atoms with Crippen molar-refractivity contribution >= 4 is 0 Å². The van der Waals surface area contributed by atoms with Gasteiger partial charge in [0.15, 0.2) is 0 Å². The van der Waals surface area contributed by atoms with Crippen LogP contribution in [0.15, 0.2) is 0 Å². The SMILES string of the molecule is CC(C)CC1CNC2(CC2)C1. The van der Waals surface area contributed by atoms with Crippen molar-refractivity contribution in [3.63, 3.8) is 0 Å². The number of rotatable bonds is 2. The molecule has 2 fully saturated rings. The first kappa shape index (κ1) is 7.60. The highest BCUT2D eigenvalue weighted by Crippen LogP contribution is 2.45. The first-order valence-corrected chi connectivity index (χ1v) is 4.95. The number of nitrogens with one attached hydrogen (secondary N) is 1. The van der Waals surface area contributed by atoms with Crippen molar-refractivity contribution in [2.75, 3.05) is 6.54 Å². The van der Waals surface area contributed by atoms with Crippen LogP contribution in [0.2, 0.25) is 0 Å². The van der Waals surface area contributed by atoms with Gasteiger partial charge in [-0.15, -0.1) is 0 Å². The molecular weight excluding hydrogens is 134 g/mol. The van der Waals surface area contributed by atoms with E-state index in [1.807, 2.05) is 0 Å². The monoisotopic (exact) mass is 153 g/mol. The highest BCUT2D eigenvalue weighted by molar-refractivity contribution is 5.07. The molecule has 1 nitrogen and oxygen atoms in total. The van der Waals surface area contributed by atoms with Crippen LogP contribution in [0.4, 0.5) is 0 Å². The molecule has 1 heteroatoms. The lowest BCUT2D eigenvalue weighted by molar-refractivity contribution is 0.428. The van der Waals surface area contributed by atoms with Gasteiger partial charge in [0.1, 0.15) is 0 Å². The van der Waals surface area contributed by atoms with E-state index in [-0.39, 0.29) is 0 Å². The summed E-state index contributed by atoms with van der Waals surface area (Å²) in [4.78, 5) is 0. The highest BCUT2D eigenvalue weighted by atomic mass is 15.1. The van der Waals surface area contributed by atoms with Gasteiger partial charge in [-0.3, -0.25) is 0 Å². The fourth-order valence-corrected chi connectivity index (χ4v) is 2.42. The second-order valence-electron chi connectivity index (χ2n) is 4.86. The van der Waals surface area contributed by atoms with Gasteiger partial charge in [-0.1, -0.05) is 13.8 Å². The Bertz CT molecular complexity index is 147. The summed E-state index contributed by atoms with van der Waals surface area (Å²) in [6, 6.07) is 0. The van der Waals surface area contributed by atoms with Gasteiger partial charge in [0, 0.05) is 5.54 Å². The third-order valence-electron chi connectivity index (χ3n) is 3.10. The third-order valence-corrected chi connectivity index (χ3v) is 3.10. The second kappa shape index (κ2) is 2.48. The molecule has 2 aliphatic rings. The van der Waals surface area contributed by atoms with Crippen LogP contribution >= 0.6 is 0 Å². The van der Waals surface area contributed by atoms with E-state index in [2.05, 4.69) is 19.2 Å². The van der Waals surface area contributed by atoms with E-state index in [0.29, 0.717) is 5.54 Å². The van der Waals surface area contributed by atoms with Gasteiger partial charge in [-0.05, 0) is 44.1 Å². The maximum Gasteiger partial charge on any atom is 0.0186 e. The van der Waals surface area contributed by atoms with Gasteiger partial charge in [0.2, 0.25) is 0 Å². The van der Waals surface area contributed by atoms with Gasteiger partial charge in [-0.2, -0.15) is 0 Å². The van der Waals surface area contributed by atoms with E-state index in [1.165, 1.54) is 32.2 Å². The Hall–Kier alpha value is -0.0400. The normalized spacial score (nSPS) is 33.5. The minimum atomic E-state index is 0.652. The highest BCUT2D eigenvalue weighted by Gasteiger charge is 2.47. The second-order valence-corrected chi connectivity index (χ2v) is 4.86. The van der Waals surface area contributed by atoms with Crippen LogP contribution < -0.4 is 5.32 Å². The first-order chi connectivity index (χ1) is 5.20. The minimum Gasteiger partial charge on any atom is -0.311 e. The zero-order valence-electron chi connectivity index (χ0n) is 7.69. The molecule has 1 aliphatic carbocycles. The Kier molecular flexibility index (Phi) is 1.71. The summed E-state index contributed by atoms with van der Waals surface area (Å²) in [5, 5.41) is 3.66. The Labute approximate surface area is 69.6 Å². The van der Waals surface area contributed by atoms with E-state index in [4.69, 9.17) is 0 Å². The van der Waals surface area contributed by atoms with Crippen molar-refractivity contribution in [3.05, 3.63) is 0 Å². The molecule has 1 heterocycles. The van der Waals surface area contributed by atoms with Crippen LogP contribution in [0, 0.1) is 11.8 Å². The molecule has 0 radical (unpaired) electrons. The van der Waals surface area contributed by atoms with Gasteiger partial charge >= 0.3 is 0 Å². The smallest absolute Gasteiger partial charge is 0.0186 e. The van der Waals surface area contributed by atoms with Gasteiger partial charge in [-0.25, -0.2) is 0 Å². The zero-order valence-corrected chi connectivity index (χ0v) is 7.69. The van der Waals surface area contributed by atoms with Crippen molar-refractivity contribution in [1.82, 2.24) is 5.32 Å². The van der Waals surface area contributed by atoms with Crippen molar-refractivity contribution in [2.45, 2.75) is 45.1 Å². The average Bonchev–Trinajstić information content (AvgIpc) is 2.51. The summed E-state index contributed by atoms with van der Waals surface area (Å²) in [5.41, 5.74) is 0.652. The predicted octanol–water partition coefficient (Wildman–Crippen LogP) is 2.17. The Morgan fingerprint density at radius 2 is 2.18 bits per heavy atom. The minimum absolute atomic E-state index is 0.652. The maximum atomic E-state index is 3.66. The van der Waals surface area contributed by atoms with E-state index in [0.717, 1.165) is 11.8 Å². The molecule has 1 saturated carbocycles. The fourth-order valence-electron chi connectivity index (χ4n) is 2.42. The number of hydrogen-bond donors (Lipinski definition) is 1. The summed E-state index contributed by atoms with van der Waals surface area (Å²) in [5.74, 6) is 1.87. The topological polar surface area (TPSA) is 12.0 Å². The third kappa shape index (κ3) is 1.58. The first-order valence-electron chi connectivity index (χ1n) is 4.95. The molecule has 1 saturated heterocycles. The standard InChI is InChI=1S/C10H19N/c1-8(2)5-9-6-10(3-4-10)11-7-9/h8-9,11H,3-7H2,1-2H3. The quantitative estimate of drug-likeness (QED) is 0.641. The molecule has 11 heavy (non-hydrogen) atoms. The zero-order chi connectivity index (χ0) is 7.90. The summed E-state index contributed by atoms with van der Waals surface area (Å²) in [6.45, 7) is 5.95. The van der Waals surface area contributed by atoms with Crippen LogP contribution in [0.1, 0.15) is 39.5 Å². The maximum absolute atomic E-state index is 3.66. The predicted molar refractivity (Wildman–Crippen MR) is 47.5 cm³/mol. The lowest BCUT2D eigenvalue weighted by atomic mass is 9.94. The molecule has 1 N–H and O–H groups in total. The van der Waals surface area contributed by atoms with Crippen molar-refractivity contribution in [3.8, 4) is 0 Å². The Morgan fingerprint density at radius 3 is 2.64 bits per heavy atom. The molecule has 1 spiro atoms. The summed E-state index contributed by atoms with van der Waals surface area (Å²) < 4.78 is 0. The molecule has 0 aromatic rings. The fraction of sp³-hybridized carbons (Fsp3) is 1.00. The van der Waals surface area contributed by atoms with E-state index in [1.54, 1.807) is 0 Å². The lowest BCUT2D eigenvalue weighted by Gasteiger charge is -2.10. The summed E-state index contributed by atoms with van der Waals surface area (Å²) >= 11 is 0. The molecule has 0 bridgehead atoms. The van der Waals surface area contributed by atoms with E-state index < -0.39 is 0 Å². The van der Waals surface area contributed by atoms with Crippen molar-refractivity contribution in [2.24, 2.45) is 11.8 Å².